The number of anilines is 1. The summed E-state index contributed by atoms with van der Waals surface area (Å²) >= 11 is 0. The summed E-state index contributed by atoms with van der Waals surface area (Å²) in [5, 5.41) is 2.76. The molecule has 1 amide bonds. The Hall–Kier alpha value is -2.36. The number of carbonyl (C=O) groups excluding carboxylic acids is 1. The Balaban J connectivity index is 2.00. The predicted molar refractivity (Wildman–Crippen MR) is 78.9 cm³/mol. The van der Waals surface area contributed by atoms with Crippen LogP contribution in [-0.2, 0) is 4.79 Å². The number of amides is 1. The number of aromatic nitrogens is 1. The number of aryl methyl sites for hydroxylation is 2. The topological polar surface area (TPSA) is 51.2 Å². The van der Waals surface area contributed by atoms with Crippen molar-refractivity contribution in [3.8, 4) is 5.75 Å². The van der Waals surface area contributed by atoms with Crippen molar-refractivity contribution in [2.75, 3.05) is 5.32 Å². The third kappa shape index (κ3) is 3.82. The first-order valence-corrected chi connectivity index (χ1v) is 6.50. The standard InChI is InChI=1S/C16H18N2O2/c1-11-7-12(2)9-15(8-11)20-13(3)16(19)18-14-5-4-6-17-10-14/h4-10,13H,1-3H3,(H,18,19). The van der Waals surface area contributed by atoms with Crippen molar-refractivity contribution >= 4 is 11.6 Å². The van der Waals surface area contributed by atoms with Gasteiger partial charge >= 0.3 is 0 Å². The third-order valence-electron chi connectivity index (χ3n) is 2.81. The number of pyridine rings is 1. The zero-order valence-electron chi connectivity index (χ0n) is 11.9. The molecule has 0 radical (unpaired) electrons. The quantitative estimate of drug-likeness (QED) is 0.928. The Kier molecular flexibility index (Phi) is 4.35. The lowest BCUT2D eigenvalue weighted by Crippen LogP contribution is -2.30. The zero-order valence-corrected chi connectivity index (χ0v) is 11.9. The van der Waals surface area contributed by atoms with Crippen LogP contribution in [0, 0.1) is 13.8 Å². The van der Waals surface area contributed by atoms with Gasteiger partial charge in [-0.25, -0.2) is 0 Å². The van der Waals surface area contributed by atoms with Gasteiger partial charge in [-0.05, 0) is 56.2 Å². The van der Waals surface area contributed by atoms with Crippen LogP contribution in [-0.4, -0.2) is 17.0 Å². The van der Waals surface area contributed by atoms with Gasteiger partial charge in [0.1, 0.15) is 5.75 Å². The summed E-state index contributed by atoms with van der Waals surface area (Å²) in [6.45, 7) is 5.73. The van der Waals surface area contributed by atoms with Gasteiger partial charge < -0.3 is 10.1 Å². The van der Waals surface area contributed by atoms with Gasteiger partial charge in [0.05, 0.1) is 11.9 Å². The first-order valence-electron chi connectivity index (χ1n) is 6.50. The molecular formula is C16H18N2O2. The Morgan fingerprint density at radius 3 is 2.55 bits per heavy atom. The van der Waals surface area contributed by atoms with Gasteiger partial charge in [0.25, 0.3) is 5.91 Å². The monoisotopic (exact) mass is 270 g/mol. The smallest absolute Gasteiger partial charge is 0.265 e. The van der Waals surface area contributed by atoms with E-state index in [2.05, 4.69) is 16.4 Å². The maximum atomic E-state index is 12.0. The SMILES string of the molecule is Cc1cc(C)cc(OC(C)C(=O)Nc2cccnc2)c1. The number of rotatable bonds is 4. The minimum absolute atomic E-state index is 0.197. The molecule has 4 heteroatoms. The summed E-state index contributed by atoms with van der Waals surface area (Å²) in [6.07, 6.45) is 2.68. The van der Waals surface area contributed by atoms with Crippen LogP contribution in [0.25, 0.3) is 0 Å². The molecule has 1 atom stereocenters. The molecule has 0 spiro atoms. The van der Waals surface area contributed by atoms with Crippen molar-refractivity contribution in [1.29, 1.82) is 0 Å². The highest BCUT2D eigenvalue weighted by Crippen LogP contribution is 2.18. The molecule has 1 aromatic heterocycles. The van der Waals surface area contributed by atoms with Gasteiger partial charge in [-0.2, -0.15) is 0 Å². The van der Waals surface area contributed by atoms with E-state index >= 15 is 0 Å². The van der Waals surface area contributed by atoms with E-state index in [0.29, 0.717) is 11.4 Å². The predicted octanol–water partition coefficient (Wildman–Crippen LogP) is 3.10. The van der Waals surface area contributed by atoms with Crippen molar-refractivity contribution in [3.63, 3.8) is 0 Å². The third-order valence-corrected chi connectivity index (χ3v) is 2.81. The number of nitrogens with zero attached hydrogens (tertiary/aromatic N) is 1. The Bertz CT molecular complexity index is 576. The zero-order chi connectivity index (χ0) is 14.5. The molecule has 0 bridgehead atoms. The number of benzene rings is 1. The van der Waals surface area contributed by atoms with E-state index in [-0.39, 0.29) is 5.91 Å². The fraction of sp³-hybridized carbons (Fsp3) is 0.250. The van der Waals surface area contributed by atoms with Crippen LogP contribution >= 0.6 is 0 Å². The second kappa shape index (κ2) is 6.19. The molecule has 1 heterocycles. The maximum absolute atomic E-state index is 12.0. The number of carbonyl (C=O) groups is 1. The van der Waals surface area contributed by atoms with Gasteiger partial charge in [-0.1, -0.05) is 6.07 Å². The van der Waals surface area contributed by atoms with Crippen LogP contribution in [0.5, 0.6) is 5.75 Å². The van der Waals surface area contributed by atoms with Crippen molar-refractivity contribution in [2.24, 2.45) is 0 Å². The molecule has 1 aromatic carbocycles. The minimum Gasteiger partial charge on any atom is -0.481 e. The average Bonchev–Trinajstić information content (AvgIpc) is 2.38. The van der Waals surface area contributed by atoms with Crippen LogP contribution in [0.1, 0.15) is 18.1 Å². The lowest BCUT2D eigenvalue weighted by Gasteiger charge is -2.15. The summed E-state index contributed by atoms with van der Waals surface area (Å²) in [4.78, 5) is 16.0. The van der Waals surface area contributed by atoms with Crippen molar-refractivity contribution < 1.29 is 9.53 Å². The molecular weight excluding hydrogens is 252 g/mol. The largest absolute Gasteiger partial charge is 0.481 e. The van der Waals surface area contributed by atoms with Gasteiger partial charge in [0.2, 0.25) is 0 Å². The van der Waals surface area contributed by atoms with E-state index in [0.717, 1.165) is 11.1 Å². The first-order chi connectivity index (χ1) is 9.54. The summed E-state index contributed by atoms with van der Waals surface area (Å²) < 4.78 is 5.68. The highest BCUT2D eigenvalue weighted by atomic mass is 16.5. The second-order valence-electron chi connectivity index (χ2n) is 4.81. The van der Waals surface area contributed by atoms with Crippen LogP contribution in [0.4, 0.5) is 5.69 Å². The lowest BCUT2D eigenvalue weighted by molar-refractivity contribution is -0.122. The molecule has 0 saturated carbocycles. The van der Waals surface area contributed by atoms with E-state index in [1.165, 1.54) is 0 Å². The van der Waals surface area contributed by atoms with Gasteiger partial charge in [0.15, 0.2) is 6.10 Å². The molecule has 4 nitrogen and oxygen atoms in total. The van der Waals surface area contributed by atoms with Crippen LogP contribution in [0.3, 0.4) is 0 Å². The Morgan fingerprint density at radius 1 is 1.25 bits per heavy atom. The fourth-order valence-corrected chi connectivity index (χ4v) is 1.94. The number of ether oxygens (including phenoxy) is 1. The van der Waals surface area contributed by atoms with Crippen molar-refractivity contribution in [3.05, 3.63) is 53.9 Å². The van der Waals surface area contributed by atoms with E-state index in [1.54, 1.807) is 31.5 Å². The second-order valence-corrected chi connectivity index (χ2v) is 4.81. The minimum atomic E-state index is -0.573. The number of hydrogen-bond acceptors (Lipinski definition) is 3. The maximum Gasteiger partial charge on any atom is 0.265 e. The molecule has 104 valence electrons. The molecule has 1 N–H and O–H groups in total. The number of nitrogens with one attached hydrogen (secondary N) is 1. The summed E-state index contributed by atoms with van der Waals surface area (Å²) in [6, 6.07) is 9.45. The molecule has 1 unspecified atom stereocenters. The number of hydrogen-bond donors (Lipinski definition) is 1. The van der Waals surface area contributed by atoms with Crippen molar-refractivity contribution in [1.82, 2.24) is 4.98 Å². The molecule has 20 heavy (non-hydrogen) atoms. The first kappa shape index (κ1) is 14.1. The van der Waals surface area contributed by atoms with Gasteiger partial charge in [-0.15, -0.1) is 0 Å². The summed E-state index contributed by atoms with van der Waals surface area (Å²) in [5.41, 5.74) is 2.88. The van der Waals surface area contributed by atoms with E-state index in [4.69, 9.17) is 4.74 Å². The van der Waals surface area contributed by atoms with E-state index in [9.17, 15) is 4.79 Å². The average molecular weight is 270 g/mol. The molecule has 0 aliphatic heterocycles. The van der Waals surface area contributed by atoms with Gasteiger partial charge in [0, 0.05) is 6.20 Å². The Morgan fingerprint density at radius 2 is 1.95 bits per heavy atom. The summed E-state index contributed by atoms with van der Waals surface area (Å²) in [7, 11) is 0. The molecule has 0 saturated heterocycles. The molecule has 2 aromatic rings. The normalized spacial score (nSPS) is 11.8. The molecule has 0 aliphatic rings. The van der Waals surface area contributed by atoms with Crippen LogP contribution in [0.15, 0.2) is 42.7 Å². The fourth-order valence-electron chi connectivity index (χ4n) is 1.94. The van der Waals surface area contributed by atoms with Crippen LogP contribution < -0.4 is 10.1 Å². The van der Waals surface area contributed by atoms with Crippen LogP contribution in [0.2, 0.25) is 0 Å². The molecule has 0 fully saturated rings. The Labute approximate surface area is 118 Å². The molecule has 0 aliphatic carbocycles. The van der Waals surface area contributed by atoms with Gasteiger partial charge in [-0.3, -0.25) is 9.78 Å². The highest BCUT2D eigenvalue weighted by molar-refractivity contribution is 5.93. The van der Waals surface area contributed by atoms with Crippen molar-refractivity contribution in [2.45, 2.75) is 26.9 Å². The van der Waals surface area contributed by atoms with E-state index < -0.39 is 6.10 Å². The highest BCUT2D eigenvalue weighted by Gasteiger charge is 2.15. The summed E-state index contributed by atoms with van der Waals surface area (Å²) in [5.74, 6) is 0.508. The van der Waals surface area contributed by atoms with E-state index in [1.807, 2.05) is 26.0 Å². The lowest BCUT2D eigenvalue weighted by atomic mass is 10.1. The molecule has 2 rings (SSSR count).